The molecule has 10 heavy (non-hydrogen) atoms. The van der Waals surface area contributed by atoms with Crippen LogP contribution in [0.25, 0.3) is 0 Å². The minimum Gasteiger partial charge on any atom is -0.454 e. The van der Waals surface area contributed by atoms with Gasteiger partial charge in [0.1, 0.15) is 0 Å². The van der Waals surface area contributed by atoms with E-state index in [4.69, 9.17) is 5.41 Å². The third-order valence-electron chi connectivity index (χ3n) is 0.516. The minimum atomic E-state index is -4.42. The second-order valence-electron chi connectivity index (χ2n) is 1.37. The molecule has 6 heteroatoms. The number of aliphatic imine (C=N–C) groups is 1. The van der Waals surface area contributed by atoms with Gasteiger partial charge in [-0.1, -0.05) is 0 Å². The molecular weight excluding hydrogens is 149 g/mol. The number of amidine groups is 1. The third-order valence-corrected chi connectivity index (χ3v) is 0.516. The second kappa shape index (κ2) is 3.19. The third kappa shape index (κ3) is 5.07. The zero-order chi connectivity index (χ0) is 8.20. The maximum Gasteiger partial charge on any atom is 0.422 e. The highest BCUT2D eigenvalue weighted by molar-refractivity contribution is 5.75. The first-order valence-corrected chi connectivity index (χ1v) is 2.20. The van der Waals surface area contributed by atoms with Gasteiger partial charge in [0.2, 0.25) is 0 Å². The highest BCUT2D eigenvalue weighted by Gasteiger charge is 2.28. The number of alkyl halides is 3. The van der Waals surface area contributed by atoms with Crippen LogP contribution in [0.2, 0.25) is 0 Å². The van der Waals surface area contributed by atoms with Crippen molar-refractivity contribution in [1.82, 2.24) is 0 Å². The van der Waals surface area contributed by atoms with E-state index in [1.54, 1.807) is 0 Å². The fraction of sp³-hybridized carbons (Fsp3) is 0.500. The molecule has 0 aliphatic carbocycles. The summed E-state index contributed by atoms with van der Waals surface area (Å²) < 4.78 is 37.6. The minimum absolute atomic E-state index is 0.822. The van der Waals surface area contributed by atoms with Crippen LogP contribution in [0.1, 0.15) is 0 Å². The molecule has 0 bridgehead atoms. The first kappa shape index (κ1) is 8.93. The Bertz CT molecular complexity index is 142. The summed E-state index contributed by atoms with van der Waals surface area (Å²) >= 11 is 0. The summed E-state index contributed by atoms with van der Waals surface area (Å²) in [6.07, 6.45) is -4.42. The Morgan fingerprint density at radius 1 is 1.60 bits per heavy atom. The average Bonchev–Trinajstić information content (AvgIpc) is 1.81. The standard InChI is InChI=1S/C4H5F3N2O/c1-9-3(8)10-2-4(5,6)7/h8H,1-2H2. The van der Waals surface area contributed by atoms with Crippen LogP contribution in [0.4, 0.5) is 13.2 Å². The molecule has 0 aliphatic rings. The largest absolute Gasteiger partial charge is 0.454 e. The van der Waals surface area contributed by atoms with Crippen LogP contribution in [0.3, 0.4) is 0 Å². The van der Waals surface area contributed by atoms with Crippen molar-refractivity contribution in [3.8, 4) is 0 Å². The van der Waals surface area contributed by atoms with Crippen molar-refractivity contribution in [2.24, 2.45) is 4.99 Å². The Morgan fingerprint density at radius 3 is 2.40 bits per heavy atom. The smallest absolute Gasteiger partial charge is 0.422 e. The summed E-state index contributed by atoms with van der Waals surface area (Å²) in [7, 11) is 0. The molecule has 0 amide bonds. The highest BCUT2D eigenvalue weighted by Crippen LogP contribution is 2.14. The molecule has 0 rings (SSSR count). The molecule has 1 N–H and O–H groups in total. The van der Waals surface area contributed by atoms with Crippen LogP contribution in [0, 0.1) is 5.41 Å². The Balaban J connectivity index is 3.55. The molecule has 0 saturated carbocycles. The van der Waals surface area contributed by atoms with Gasteiger partial charge in [-0.15, -0.1) is 0 Å². The Kier molecular flexibility index (Phi) is 2.85. The number of rotatable bonds is 1. The number of nitrogens with zero attached hydrogens (tertiary/aromatic N) is 1. The fourth-order valence-corrected chi connectivity index (χ4v) is 0.196. The Hall–Kier alpha value is -1.07. The molecule has 0 radical (unpaired) electrons. The van der Waals surface area contributed by atoms with Crippen LogP contribution < -0.4 is 0 Å². The van der Waals surface area contributed by atoms with Crippen molar-refractivity contribution >= 4 is 12.7 Å². The Labute approximate surface area is 55.0 Å². The molecule has 0 fully saturated rings. The first-order chi connectivity index (χ1) is 4.45. The molecule has 0 aromatic carbocycles. The monoisotopic (exact) mass is 154 g/mol. The Morgan fingerprint density at radius 2 is 2.10 bits per heavy atom. The van der Waals surface area contributed by atoms with Crippen molar-refractivity contribution in [3.63, 3.8) is 0 Å². The van der Waals surface area contributed by atoms with E-state index >= 15 is 0 Å². The number of ether oxygens (including phenoxy) is 1. The number of nitrogens with one attached hydrogen (secondary N) is 1. The van der Waals surface area contributed by atoms with E-state index in [0.717, 1.165) is 0 Å². The molecule has 3 nitrogen and oxygen atoms in total. The summed E-state index contributed by atoms with van der Waals surface area (Å²) in [5.74, 6) is 0. The predicted octanol–water partition coefficient (Wildman–Crippen LogP) is 1.20. The maximum absolute atomic E-state index is 11.3. The van der Waals surface area contributed by atoms with Gasteiger partial charge in [-0.3, -0.25) is 0 Å². The van der Waals surface area contributed by atoms with E-state index in [1.807, 2.05) is 0 Å². The summed E-state index contributed by atoms with van der Waals surface area (Å²) in [5, 5.41) is 6.47. The molecule has 0 unspecified atom stereocenters. The first-order valence-electron chi connectivity index (χ1n) is 2.20. The zero-order valence-corrected chi connectivity index (χ0v) is 4.90. The second-order valence-corrected chi connectivity index (χ2v) is 1.37. The van der Waals surface area contributed by atoms with Gasteiger partial charge in [0.15, 0.2) is 6.61 Å². The van der Waals surface area contributed by atoms with E-state index in [-0.39, 0.29) is 0 Å². The summed E-state index contributed by atoms with van der Waals surface area (Å²) in [5.41, 5.74) is 0. The number of hydrogen-bond donors (Lipinski definition) is 1. The topological polar surface area (TPSA) is 45.4 Å². The normalized spacial score (nSPS) is 10.7. The quantitative estimate of drug-likeness (QED) is 0.447. The summed E-state index contributed by atoms with van der Waals surface area (Å²) in [4.78, 5) is 2.80. The molecular formula is C4H5F3N2O. The van der Waals surface area contributed by atoms with Gasteiger partial charge in [0, 0.05) is 0 Å². The fourth-order valence-electron chi connectivity index (χ4n) is 0.196. The van der Waals surface area contributed by atoms with Crippen molar-refractivity contribution < 1.29 is 17.9 Å². The van der Waals surface area contributed by atoms with Crippen LogP contribution in [0.5, 0.6) is 0 Å². The van der Waals surface area contributed by atoms with E-state index in [9.17, 15) is 13.2 Å². The average molecular weight is 154 g/mol. The lowest BCUT2D eigenvalue weighted by atomic mass is 10.7. The SMILES string of the molecule is C=NC(=N)OCC(F)(F)F. The highest BCUT2D eigenvalue weighted by atomic mass is 19.4. The van der Waals surface area contributed by atoms with Crippen LogP contribution >= 0.6 is 0 Å². The van der Waals surface area contributed by atoms with Crippen LogP contribution in [-0.2, 0) is 4.74 Å². The molecule has 0 heterocycles. The number of halogens is 3. The van der Waals surface area contributed by atoms with Crippen molar-refractivity contribution in [2.45, 2.75) is 6.18 Å². The molecule has 0 saturated heterocycles. The molecule has 0 spiro atoms. The molecule has 0 aliphatic heterocycles. The predicted molar refractivity (Wildman–Crippen MR) is 29.3 cm³/mol. The molecule has 0 aromatic heterocycles. The van der Waals surface area contributed by atoms with Gasteiger partial charge < -0.3 is 4.74 Å². The van der Waals surface area contributed by atoms with E-state index in [0.29, 0.717) is 0 Å². The summed E-state index contributed by atoms with van der Waals surface area (Å²) in [6, 6.07) is -0.822. The van der Waals surface area contributed by atoms with Crippen molar-refractivity contribution in [3.05, 3.63) is 0 Å². The lowest BCUT2D eigenvalue weighted by Crippen LogP contribution is -2.18. The van der Waals surface area contributed by atoms with Gasteiger partial charge in [-0.2, -0.15) is 13.2 Å². The van der Waals surface area contributed by atoms with Crippen molar-refractivity contribution in [1.29, 1.82) is 5.41 Å². The van der Waals surface area contributed by atoms with Gasteiger partial charge in [0.05, 0.1) is 0 Å². The molecule has 0 aromatic rings. The van der Waals surface area contributed by atoms with E-state index in [2.05, 4.69) is 16.4 Å². The van der Waals surface area contributed by atoms with E-state index < -0.39 is 18.8 Å². The lowest BCUT2D eigenvalue weighted by molar-refractivity contribution is -0.156. The lowest BCUT2D eigenvalue weighted by Gasteiger charge is -2.05. The van der Waals surface area contributed by atoms with Gasteiger partial charge >= 0.3 is 12.2 Å². The van der Waals surface area contributed by atoms with Gasteiger partial charge in [-0.25, -0.2) is 10.4 Å². The molecule has 58 valence electrons. The summed E-state index contributed by atoms with van der Waals surface area (Å²) in [6.45, 7) is 1.30. The molecule has 0 atom stereocenters. The maximum atomic E-state index is 11.3. The van der Waals surface area contributed by atoms with Crippen molar-refractivity contribution in [2.75, 3.05) is 6.61 Å². The van der Waals surface area contributed by atoms with E-state index in [1.165, 1.54) is 0 Å². The van der Waals surface area contributed by atoms with Crippen LogP contribution in [-0.4, -0.2) is 25.5 Å². The van der Waals surface area contributed by atoms with Gasteiger partial charge in [-0.05, 0) is 6.72 Å². The van der Waals surface area contributed by atoms with Gasteiger partial charge in [0.25, 0.3) is 0 Å². The van der Waals surface area contributed by atoms with Crippen LogP contribution in [0.15, 0.2) is 4.99 Å². The zero-order valence-electron chi connectivity index (χ0n) is 4.90. The number of hydrogen-bond acceptors (Lipinski definition) is 2.